The Labute approximate surface area is 159 Å². The molecule has 1 aliphatic heterocycles. The van der Waals surface area contributed by atoms with Gasteiger partial charge in [0.1, 0.15) is 11.6 Å². The maximum absolute atomic E-state index is 13.9. The minimum atomic E-state index is -0.586. The molecular weight excluding hydrogens is 376 g/mol. The van der Waals surface area contributed by atoms with Crippen LogP contribution >= 0.6 is 11.3 Å². The molecule has 1 saturated heterocycles. The van der Waals surface area contributed by atoms with Gasteiger partial charge in [0.25, 0.3) is 0 Å². The van der Waals surface area contributed by atoms with Crippen LogP contribution in [0.5, 0.6) is 0 Å². The van der Waals surface area contributed by atoms with Crippen molar-refractivity contribution >= 4 is 28.5 Å². The average Bonchev–Trinajstić information content (AvgIpc) is 3.12. The minimum absolute atomic E-state index is 0.0397. The Morgan fingerprint density at radius 3 is 3.00 bits per heavy atom. The fraction of sp³-hybridized carbons (Fsp3) is 0.389. The summed E-state index contributed by atoms with van der Waals surface area (Å²) in [7, 11) is 0. The third-order valence-corrected chi connectivity index (χ3v) is 5.01. The minimum Gasteiger partial charge on any atom is -0.450 e. The van der Waals surface area contributed by atoms with Crippen molar-refractivity contribution in [2.45, 2.75) is 19.8 Å². The highest BCUT2D eigenvalue weighted by Crippen LogP contribution is 2.28. The van der Waals surface area contributed by atoms with Gasteiger partial charge in [0.2, 0.25) is 5.91 Å². The van der Waals surface area contributed by atoms with Gasteiger partial charge in [0.15, 0.2) is 5.13 Å². The normalized spacial score (nSPS) is 16.9. The van der Waals surface area contributed by atoms with Crippen LogP contribution in [0.3, 0.4) is 0 Å². The topological polar surface area (TPSA) is 71.5 Å². The number of piperidine rings is 1. The van der Waals surface area contributed by atoms with Gasteiger partial charge in [-0.05, 0) is 38.0 Å². The molecule has 6 nitrogen and oxygen atoms in total. The van der Waals surface area contributed by atoms with Gasteiger partial charge in [-0.3, -0.25) is 4.79 Å². The second-order valence-electron chi connectivity index (χ2n) is 6.14. The van der Waals surface area contributed by atoms with E-state index in [1.165, 1.54) is 4.90 Å². The summed E-state index contributed by atoms with van der Waals surface area (Å²) >= 11 is 1.13. The Hall–Kier alpha value is -2.55. The molecule has 0 aliphatic carbocycles. The summed E-state index contributed by atoms with van der Waals surface area (Å²) in [5.41, 5.74) is 0.294. The molecule has 0 bridgehead atoms. The Bertz CT molecular complexity index is 843. The number of nitrogens with zero attached hydrogens (tertiary/aromatic N) is 2. The number of nitrogens with one attached hydrogen (secondary N) is 1. The highest BCUT2D eigenvalue weighted by atomic mass is 32.1. The van der Waals surface area contributed by atoms with E-state index in [1.807, 2.05) is 0 Å². The van der Waals surface area contributed by atoms with E-state index in [9.17, 15) is 18.4 Å². The SMILES string of the molecule is CCOC(=O)N1CCCC(C(=O)Nc2nc(-c3cc(F)ccc3F)cs2)C1. The highest BCUT2D eigenvalue weighted by molar-refractivity contribution is 7.14. The van der Waals surface area contributed by atoms with Gasteiger partial charge in [-0.1, -0.05) is 0 Å². The van der Waals surface area contributed by atoms with Gasteiger partial charge in [-0.2, -0.15) is 0 Å². The Morgan fingerprint density at radius 1 is 1.41 bits per heavy atom. The molecule has 2 heterocycles. The van der Waals surface area contributed by atoms with Crippen LogP contribution in [0.1, 0.15) is 19.8 Å². The summed E-state index contributed by atoms with van der Waals surface area (Å²) in [4.78, 5) is 30.0. The maximum atomic E-state index is 13.9. The lowest BCUT2D eigenvalue weighted by Crippen LogP contribution is -2.44. The van der Waals surface area contributed by atoms with Gasteiger partial charge in [0, 0.05) is 24.0 Å². The molecule has 144 valence electrons. The largest absolute Gasteiger partial charge is 0.450 e. The summed E-state index contributed by atoms with van der Waals surface area (Å²) in [6, 6.07) is 3.13. The van der Waals surface area contributed by atoms with Crippen LogP contribution in [-0.2, 0) is 9.53 Å². The number of hydrogen-bond acceptors (Lipinski definition) is 5. The molecule has 1 aromatic carbocycles. The van der Waals surface area contributed by atoms with Crippen molar-refractivity contribution in [3.8, 4) is 11.3 Å². The molecule has 3 rings (SSSR count). The molecule has 1 atom stereocenters. The first-order valence-corrected chi connectivity index (χ1v) is 9.49. The van der Waals surface area contributed by atoms with E-state index in [4.69, 9.17) is 4.74 Å². The van der Waals surface area contributed by atoms with Gasteiger partial charge >= 0.3 is 6.09 Å². The molecule has 0 spiro atoms. The first-order chi connectivity index (χ1) is 13.0. The molecular formula is C18H19F2N3O3S. The van der Waals surface area contributed by atoms with Gasteiger partial charge in [0.05, 0.1) is 18.2 Å². The van der Waals surface area contributed by atoms with E-state index >= 15 is 0 Å². The summed E-state index contributed by atoms with van der Waals surface area (Å²) in [5.74, 6) is -1.78. The molecule has 1 N–H and O–H groups in total. The van der Waals surface area contributed by atoms with E-state index in [-0.39, 0.29) is 36.2 Å². The lowest BCUT2D eigenvalue weighted by Gasteiger charge is -2.30. The van der Waals surface area contributed by atoms with Gasteiger partial charge in [-0.15, -0.1) is 11.3 Å². The van der Waals surface area contributed by atoms with Crippen molar-refractivity contribution in [3.63, 3.8) is 0 Å². The van der Waals surface area contributed by atoms with Crippen molar-refractivity contribution < 1.29 is 23.1 Å². The molecule has 0 saturated carbocycles. The number of halogens is 2. The number of anilines is 1. The van der Waals surface area contributed by atoms with Crippen molar-refractivity contribution in [1.82, 2.24) is 9.88 Å². The molecule has 0 radical (unpaired) electrons. The number of amides is 2. The zero-order chi connectivity index (χ0) is 19.4. The van der Waals surface area contributed by atoms with Crippen molar-refractivity contribution in [1.29, 1.82) is 0 Å². The smallest absolute Gasteiger partial charge is 0.409 e. The molecule has 1 aromatic heterocycles. The van der Waals surface area contributed by atoms with Crippen molar-refractivity contribution in [2.75, 3.05) is 25.0 Å². The lowest BCUT2D eigenvalue weighted by molar-refractivity contribution is -0.121. The molecule has 1 fully saturated rings. The third-order valence-electron chi connectivity index (χ3n) is 4.26. The second kappa shape index (κ2) is 8.43. The van der Waals surface area contributed by atoms with E-state index in [1.54, 1.807) is 12.3 Å². The first-order valence-electron chi connectivity index (χ1n) is 8.61. The van der Waals surface area contributed by atoms with Crippen LogP contribution in [-0.4, -0.2) is 41.6 Å². The summed E-state index contributed by atoms with van der Waals surface area (Å²) in [5, 5.41) is 4.55. The third kappa shape index (κ3) is 4.60. The number of thiazole rings is 1. The number of carbonyl (C=O) groups excluding carboxylic acids is 2. The van der Waals surface area contributed by atoms with E-state index < -0.39 is 17.7 Å². The summed E-state index contributed by atoms with van der Waals surface area (Å²) in [6.07, 6.45) is 0.931. The molecule has 2 amide bonds. The fourth-order valence-corrected chi connectivity index (χ4v) is 3.64. The summed E-state index contributed by atoms with van der Waals surface area (Å²) < 4.78 is 32.2. The number of likely N-dealkylation sites (tertiary alicyclic amines) is 1. The van der Waals surface area contributed by atoms with Crippen molar-refractivity contribution in [3.05, 3.63) is 35.2 Å². The predicted molar refractivity (Wildman–Crippen MR) is 97.4 cm³/mol. The quantitative estimate of drug-likeness (QED) is 0.852. The second-order valence-corrected chi connectivity index (χ2v) is 6.99. The summed E-state index contributed by atoms with van der Waals surface area (Å²) in [6.45, 7) is 2.85. The Kier molecular flexibility index (Phi) is 6.00. The first kappa shape index (κ1) is 19.2. The van der Waals surface area contributed by atoms with Gasteiger partial charge in [-0.25, -0.2) is 18.6 Å². The highest BCUT2D eigenvalue weighted by Gasteiger charge is 2.29. The molecule has 1 aliphatic rings. The predicted octanol–water partition coefficient (Wildman–Crippen LogP) is 3.90. The average molecular weight is 395 g/mol. The monoisotopic (exact) mass is 395 g/mol. The van der Waals surface area contributed by atoms with Crippen LogP contribution in [0, 0.1) is 17.6 Å². The zero-order valence-corrected chi connectivity index (χ0v) is 15.5. The molecule has 1 unspecified atom stereocenters. The van der Waals surface area contributed by atoms with Crippen LogP contribution in [0.4, 0.5) is 18.7 Å². The number of aromatic nitrogens is 1. The van der Waals surface area contributed by atoms with Crippen LogP contribution in [0.15, 0.2) is 23.6 Å². The number of ether oxygens (including phenoxy) is 1. The van der Waals surface area contributed by atoms with Crippen LogP contribution in [0.2, 0.25) is 0 Å². The van der Waals surface area contributed by atoms with Gasteiger partial charge < -0.3 is 15.0 Å². The maximum Gasteiger partial charge on any atom is 0.409 e. The molecule has 2 aromatic rings. The van der Waals surface area contributed by atoms with E-state index in [2.05, 4.69) is 10.3 Å². The van der Waals surface area contributed by atoms with Crippen LogP contribution in [0.25, 0.3) is 11.3 Å². The van der Waals surface area contributed by atoms with Crippen molar-refractivity contribution in [2.24, 2.45) is 5.92 Å². The Balaban J connectivity index is 1.65. The molecule has 27 heavy (non-hydrogen) atoms. The standard InChI is InChI=1S/C18H19F2N3O3S/c1-2-26-18(25)23-7-3-4-11(9-23)16(24)22-17-21-15(10-27-17)13-8-12(19)5-6-14(13)20/h5-6,8,10-11H,2-4,7,9H2,1H3,(H,21,22,24). The fourth-order valence-electron chi connectivity index (χ4n) is 2.93. The zero-order valence-electron chi connectivity index (χ0n) is 14.7. The van der Waals surface area contributed by atoms with E-state index in [0.29, 0.717) is 24.5 Å². The Morgan fingerprint density at radius 2 is 2.22 bits per heavy atom. The number of benzene rings is 1. The number of hydrogen-bond donors (Lipinski definition) is 1. The van der Waals surface area contributed by atoms with Crippen LogP contribution < -0.4 is 5.32 Å². The molecule has 9 heteroatoms. The number of carbonyl (C=O) groups is 2. The van der Waals surface area contributed by atoms with E-state index in [0.717, 1.165) is 29.5 Å². The lowest BCUT2D eigenvalue weighted by atomic mass is 9.97. The number of rotatable bonds is 4.